The molecule has 2 heterocycles. The lowest BCUT2D eigenvalue weighted by Gasteiger charge is -2.35. The van der Waals surface area contributed by atoms with Crippen LogP contribution in [0.5, 0.6) is 0 Å². The highest BCUT2D eigenvalue weighted by Gasteiger charge is 2.41. The first-order valence-electron chi connectivity index (χ1n) is 9.53. The van der Waals surface area contributed by atoms with Crippen LogP contribution in [0.25, 0.3) is 0 Å². The van der Waals surface area contributed by atoms with Crippen LogP contribution >= 0.6 is 0 Å². The van der Waals surface area contributed by atoms with Crippen LogP contribution in [0.1, 0.15) is 57.9 Å². The van der Waals surface area contributed by atoms with Crippen molar-refractivity contribution in [3.05, 3.63) is 65.2 Å². The Labute approximate surface area is 157 Å². The Morgan fingerprint density at radius 1 is 0.815 bits per heavy atom. The van der Waals surface area contributed by atoms with Gasteiger partial charge in [0, 0.05) is 12.8 Å². The number of amides is 2. The van der Waals surface area contributed by atoms with E-state index in [0.717, 1.165) is 25.7 Å². The molecule has 0 unspecified atom stereocenters. The van der Waals surface area contributed by atoms with Crippen molar-refractivity contribution in [2.24, 2.45) is 0 Å². The number of carbonyl (C=O) groups is 2. The summed E-state index contributed by atoms with van der Waals surface area (Å²) in [6.45, 7) is 1.39. The van der Waals surface area contributed by atoms with E-state index in [1.165, 1.54) is 10.5 Å². The van der Waals surface area contributed by atoms with Gasteiger partial charge in [-0.15, -0.1) is 0 Å². The Bertz CT molecular complexity index is 854. The molecule has 1 spiro atoms. The molecular weight excluding hydrogens is 342 g/mol. The van der Waals surface area contributed by atoms with Crippen molar-refractivity contribution in [3.8, 4) is 0 Å². The van der Waals surface area contributed by atoms with Gasteiger partial charge in [-0.3, -0.25) is 9.59 Å². The minimum atomic E-state index is -0.351. The maximum absolute atomic E-state index is 12.6. The number of ether oxygens (including phenoxy) is 2. The first-order chi connectivity index (χ1) is 13.2. The maximum Gasteiger partial charge on any atom is 0.266 e. The Morgan fingerprint density at radius 2 is 1.37 bits per heavy atom. The van der Waals surface area contributed by atoms with Gasteiger partial charge >= 0.3 is 0 Å². The van der Waals surface area contributed by atoms with Crippen LogP contribution in [-0.2, 0) is 9.47 Å². The SMILES string of the molecule is O=C1c2ccccc2C(=O)N1c1ccc(C2CCC3(CC2)OCCO3)cc1. The molecule has 5 nitrogen and oxygen atoms in total. The van der Waals surface area contributed by atoms with E-state index in [-0.39, 0.29) is 17.6 Å². The summed E-state index contributed by atoms with van der Waals surface area (Å²) < 4.78 is 11.6. The third kappa shape index (κ3) is 2.69. The van der Waals surface area contributed by atoms with Gasteiger partial charge in [0.15, 0.2) is 5.79 Å². The summed E-state index contributed by atoms with van der Waals surface area (Å²) in [6.07, 6.45) is 3.87. The highest BCUT2D eigenvalue weighted by atomic mass is 16.7. The molecule has 0 radical (unpaired) electrons. The van der Waals surface area contributed by atoms with E-state index in [1.807, 2.05) is 24.3 Å². The maximum atomic E-state index is 12.6. The van der Waals surface area contributed by atoms with E-state index in [1.54, 1.807) is 24.3 Å². The van der Waals surface area contributed by atoms with Gasteiger partial charge in [0.05, 0.1) is 30.0 Å². The molecule has 1 aliphatic carbocycles. The van der Waals surface area contributed by atoms with Crippen LogP contribution in [0, 0.1) is 0 Å². The van der Waals surface area contributed by atoms with Crippen LogP contribution in [0.2, 0.25) is 0 Å². The molecule has 2 amide bonds. The standard InChI is InChI=1S/C22H21NO4/c24-20-18-3-1-2-4-19(18)21(25)23(20)17-7-5-15(6-8-17)16-9-11-22(12-10-16)26-13-14-27-22/h1-8,16H,9-14H2. The van der Waals surface area contributed by atoms with Gasteiger partial charge in [0.2, 0.25) is 0 Å². The molecule has 3 aliphatic rings. The Balaban J connectivity index is 1.33. The molecular formula is C22H21NO4. The summed E-state index contributed by atoms with van der Waals surface area (Å²) >= 11 is 0. The molecule has 5 rings (SSSR count). The first kappa shape index (κ1) is 16.7. The molecule has 0 bridgehead atoms. The quantitative estimate of drug-likeness (QED) is 0.760. The van der Waals surface area contributed by atoms with Gasteiger partial charge in [0.25, 0.3) is 11.8 Å². The lowest BCUT2D eigenvalue weighted by molar-refractivity contribution is -0.178. The largest absolute Gasteiger partial charge is 0.348 e. The number of hydrogen-bond acceptors (Lipinski definition) is 4. The van der Waals surface area contributed by atoms with Gasteiger partial charge < -0.3 is 9.47 Å². The van der Waals surface area contributed by atoms with Crippen LogP contribution in [0.4, 0.5) is 5.69 Å². The molecule has 2 aliphatic heterocycles. The van der Waals surface area contributed by atoms with Gasteiger partial charge in [-0.2, -0.15) is 0 Å². The Hall–Kier alpha value is -2.50. The predicted molar refractivity (Wildman–Crippen MR) is 99.9 cm³/mol. The molecule has 2 aromatic carbocycles. The minimum absolute atomic E-state index is 0.251. The summed E-state index contributed by atoms with van der Waals surface area (Å²) in [6, 6.07) is 14.8. The second-order valence-corrected chi connectivity index (χ2v) is 7.46. The molecule has 138 valence electrons. The number of imide groups is 1. The number of fused-ring (bicyclic) bond motifs is 1. The molecule has 2 fully saturated rings. The van der Waals surface area contributed by atoms with Crippen LogP contribution in [-0.4, -0.2) is 30.8 Å². The van der Waals surface area contributed by atoms with E-state index < -0.39 is 0 Å². The van der Waals surface area contributed by atoms with Gasteiger partial charge in [-0.1, -0.05) is 24.3 Å². The van der Waals surface area contributed by atoms with Crippen molar-refractivity contribution < 1.29 is 19.1 Å². The molecule has 0 aromatic heterocycles. The molecule has 5 heteroatoms. The number of anilines is 1. The number of benzene rings is 2. The van der Waals surface area contributed by atoms with Gasteiger partial charge in [0.1, 0.15) is 0 Å². The van der Waals surface area contributed by atoms with E-state index in [0.29, 0.717) is 35.9 Å². The van der Waals surface area contributed by atoms with E-state index >= 15 is 0 Å². The third-order valence-corrected chi connectivity index (χ3v) is 5.98. The second kappa shape index (κ2) is 6.29. The van der Waals surface area contributed by atoms with Crippen LogP contribution in [0.3, 0.4) is 0 Å². The van der Waals surface area contributed by atoms with Crippen molar-refractivity contribution in [2.75, 3.05) is 18.1 Å². The van der Waals surface area contributed by atoms with Crippen molar-refractivity contribution in [3.63, 3.8) is 0 Å². The number of carbonyl (C=O) groups excluding carboxylic acids is 2. The average Bonchev–Trinajstić information content (AvgIpc) is 3.26. The van der Waals surface area contributed by atoms with Crippen LogP contribution < -0.4 is 4.90 Å². The molecule has 27 heavy (non-hydrogen) atoms. The smallest absolute Gasteiger partial charge is 0.266 e. The fourth-order valence-electron chi connectivity index (χ4n) is 4.50. The topological polar surface area (TPSA) is 55.8 Å². The molecule has 0 N–H and O–H groups in total. The Kier molecular flexibility index (Phi) is 3.88. The molecule has 0 atom stereocenters. The summed E-state index contributed by atoms with van der Waals surface area (Å²) in [4.78, 5) is 26.5. The van der Waals surface area contributed by atoms with Crippen molar-refractivity contribution in [1.29, 1.82) is 0 Å². The Morgan fingerprint density at radius 3 is 1.93 bits per heavy atom. The van der Waals surface area contributed by atoms with Crippen molar-refractivity contribution in [2.45, 2.75) is 37.4 Å². The summed E-state index contributed by atoms with van der Waals surface area (Å²) in [5, 5.41) is 0. The molecule has 1 saturated carbocycles. The second-order valence-electron chi connectivity index (χ2n) is 7.46. The minimum Gasteiger partial charge on any atom is -0.348 e. The number of nitrogens with zero attached hydrogens (tertiary/aromatic N) is 1. The lowest BCUT2D eigenvalue weighted by Crippen LogP contribution is -2.34. The fraction of sp³-hybridized carbons (Fsp3) is 0.364. The van der Waals surface area contributed by atoms with Crippen molar-refractivity contribution >= 4 is 17.5 Å². The van der Waals surface area contributed by atoms with Gasteiger partial charge in [-0.25, -0.2) is 4.90 Å². The monoisotopic (exact) mass is 363 g/mol. The zero-order valence-corrected chi connectivity index (χ0v) is 15.0. The first-order valence-corrected chi connectivity index (χ1v) is 9.53. The summed E-state index contributed by atoms with van der Waals surface area (Å²) in [5.74, 6) is -0.395. The normalized spacial score (nSPS) is 21.9. The third-order valence-electron chi connectivity index (χ3n) is 5.98. The average molecular weight is 363 g/mol. The summed E-state index contributed by atoms with van der Waals surface area (Å²) in [5.41, 5.74) is 2.81. The van der Waals surface area contributed by atoms with E-state index in [4.69, 9.17) is 9.47 Å². The summed E-state index contributed by atoms with van der Waals surface area (Å²) in [7, 11) is 0. The zero-order chi connectivity index (χ0) is 18.4. The van der Waals surface area contributed by atoms with E-state index in [2.05, 4.69) is 0 Å². The van der Waals surface area contributed by atoms with E-state index in [9.17, 15) is 9.59 Å². The fourth-order valence-corrected chi connectivity index (χ4v) is 4.50. The molecule has 2 aromatic rings. The number of hydrogen-bond donors (Lipinski definition) is 0. The zero-order valence-electron chi connectivity index (χ0n) is 15.0. The predicted octanol–water partition coefficient (Wildman–Crippen LogP) is 3.89. The highest BCUT2D eigenvalue weighted by molar-refractivity contribution is 6.34. The van der Waals surface area contributed by atoms with Gasteiger partial charge in [-0.05, 0) is 48.6 Å². The lowest BCUT2D eigenvalue weighted by atomic mass is 9.81. The van der Waals surface area contributed by atoms with Crippen LogP contribution in [0.15, 0.2) is 48.5 Å². The number of rotatable bonds is 2. The van der Waals surface area contributed by atoms with Crippen molar-refractivity contribution in [1.82, 2.24) is 0 Å². The molecule has 1 saturated heterocycles. The highest BCUT2D eigenvalue weighted by Crippen LogP contribution is 2.42.